The fraction of sp³-hybridized carbons (Fsp3) is 0.571. The highest BCUT2D eigenvalue weighted by molar-refractivity contribution is 5.95. The van der Waals surface area contributed by atoms with Crippen LogP contribution in [0, 0.1) is 0 Å². The summed E-state index contributed by atoms with van der Waals surface area (Å²) in [7, 11) is 1.78. The number of ether oxygens (including phenoxy) is 1. The number of benzene rings is 1. The second-order valence-electron chi connectivity index (χ2n) is 7.32. The first-order valence-electron chi connectivity index (χ1n) is 9.65. The Bertz CT molecular complexity index is 693. The van der Waals surface area contributed by atoms with Crippen LogP contribution in [0.15, 0.2) is 24.4 Å². The van der Waals surface area contributed by atoms with Crippen LogP contribution in [0.2, 0.25) is 0 Å². The van der Waals surface area contributed by atoms with Crippen LogP contribution in [0.5, 0.6) is 5.75 Å². The average molecular weight is 341 g/mol. The fourth-order valence-electron chi connectivity index (χ4n) is 4.01. The molecule has 1 aromatic carbocycles. The molecule has 0 spiro atoms. The molecule has 0 saturated heterocycles. The van der Waals surface area contributed by atoms with Gasteiger partial charge < -0.3 is 15.8 Å². The Hall–Kier alpha value is -1.81. The van der Waals surface area contributed by atoms with Crippen LogP contribution < -0.4 is 15.8 Å². The van der Waals surface area contributed by atoms with Crippen molar-refractivity contribution in [2.75, 3.05) is 19.0 Å². The van der Waals surface area contributed by atoms with Crippen molar-refractivity contribution in [1.29, 1.82) is 0 Å². The normalized spacial score (nSPS) is 16.8. The van der Waals surface area contributed by atoms with Gasteiger partial charge in [0, 0.05) is 35.8 Å². The number of fused-ring (bicyclic) bond motifs is 1. The third-order valence-corrected chi connectivity index (χ3v) is 5.28. The number of hydrogen-bond acceptors (Lipinski definition) is 4. The van der Waals surface area contributed by atoms with Gasteiger partial charge in [-0.05, 0) is 44.6 Å². The molecule has 1 atom stereocenters. The summed E-state index contributed by atoms with van der Waals surface area (Å²) >= 11 is 0. The zero-order valence-corrected chi connectivity index (χ0v) is 15.6. The Balaban J connectivity index is 1.93. The Morgan fingerprint density at radius 2 is 2.12 bits per heavy atom. The number of nitrogens with one attached hydrogen (secondary N) is 1. The van der Waals surface area contributed by atoms with Crippen LogP contribution in [0.3, 0.4) is 0 Å². The molecule has 0 radical (unpaired) electrons. The van der Waals surface area contributed by atoms with Gasteiger partial charge in [0.05, 0.1) is 18.3 Å². The number of methoxy groups -OCH3 is 1. The van der Waals surface area contributed by atoms with Crippen molar-refractivity contribution in [3.05, 3.63) is 30.0 Å². The number of anilines is 1. The van der Waals surface area contributed by atoms with Crippen molar-refractivity contribution in [2.24, 2.45) is 5.73 Å². The molecular weight excluding hydrogens is 310 g/mol. The Morgan fingerprint density at radius 3 is 2.84 bits per heavy atom. The van der Waals surface area contributed by atoms with E-state index in [0.717, 1.165) is 36.3 Å². The summed E-state index contributed by atoms with van der Waals surface area (Å²) in [4.78, 5) is 4.68. The summed E-state index contributed by atoms with van der Waals surface area (Å²) in [6, 6.07) is 6.63. The average Bonchev–Trinajstić information content (AvgIpc) is 2.65. The van der Waals surface area contributed by atoms with E-state index in [1.807, 2.05) is 12.3 Å². The molecule has 0 bridgehead atoms. The van der Waals surface area contributed by atoms with Gasteiger partial charge in [0.25, 0.3) is 0 Å². The van der Waals surface area contributed by atoms with Gasteiger partial charge in [-0.1, -0.05) is 25.3 Å². The molecule has 0 amide bonds. The molecule has 3 N–H and O–H groups in total. The number of nitrogens with zero attached hydrogens (tertiary/aromatic N) is 1. The van der Waals surface area contributed by atoms with Crippen molar-refractivity contribution >= 4 is 16.6 Å². The van der Waals surface area contributed by atoms with Gasteiger partial charge in [-0.3, -0.25) is 4.98 Å². The smallest absolute Gasteiger partial charge is 0.125 e. The third-order valence-electron chi connectivity index (χ3n) is 5.28. The molecule has 1 aliphatic rings. The minimum Gasteiger partial charge on any atom is -0.496 e. The summed E-state index contributed by atoms with van der Waals surface area (Å²) in [6.07, 6.45) is 10.4. The van der Waals surface area contributed by atoms with Crippen molar-refractivity contribution in [2.45, 2.75) is 63.8 Å². The number of hydrogen-bond donors (Lipinski definition) is 2. The molecule has 2 aromatic rings. The summed E-state index contributed by atoms with van der Waals surface area (Å²) in [5.41, 5.74) is 9.33. The molecule has 1 aromatic heterocycles. The van der Waals surface area contributed by atoms with Gasteiger partial charge in [-0.25, -0.2) is 0 Å². The van der Waals surface area contributed by atoms with Crippen LogP contribution in [0.25, 0.3) is 10.9 Å². The maximum Gasteiger partial charge on any atom is 0.125 e. The van der Waals surface area contributed by atoms with Gasteiger partial charge in [0.15, 0.2) is 0 Å². The zero-order valence-electron chi connectivity index (χ0n) is 15.6. The number of aromatic nitrogens is 1. The van der Waals surface area contributed by atoms with Crippen molar-refractivity contribution in [3.8, 4) is 5.75 Å². The lowest BCUT2D eigenvalue weighted by atomic mass is 9.82. The van der Waals surface area contributed by atoms with E-state index in [9.17, 15) is 0 Å². The SMILES string of the molecule is COc1cc(NCCCC(C)N)c2ncccc2c1C1CCCCC1. The highest BCUT2D eigenvalue weighted by atomic mass is 16.5. The minimum atomic E-state index is 0.250. The summed E-state index contributed by atoms with van der Waals surface area (Å²) in [5.74, 6) is 1.59. The molecule has 4 heteroatoms. The van der Waals surface area contributed by atoms with E-state index in [2.05, 4.69) is 29.4 Å². The second kappa shape index (κ2) is 8.52. The molecule has 4 nitrogen and oxygen atoms in total. The van der Waals surface area contributed by atoms with Crippen LogP contribution in [-0.4, -0.2) is 24.7 Å². The van der Waals surface area contributed by atoms with E-state index < -0.39 is 0 Å². The van der Waals surface area contributed by atoms with Gasteiger partial charge in [0.2, 0.25) is 0 Å². The summed E-state index contributed by atoms with van der Waals surface area (Å²) in [6.45, 7) is 2.96. The molecule has 3 rings (SSSR count). The zero-order chi connectivity index (χ0) is 17.6. The number of rotatable bonds is 7. The molecular formula is C21H31N3O. The van der Waals surface area contributed by atoms with E-state index >= 15 is 0 Å². The Morgan fingerprint density at radius 1 is 1.32 bits per heavy atom. The predicted molar refractivity (Wildman–Crippen MR) is 105 cm³/mol. The third kappa shape index (κ3) is 4.24. The summed E-state index contributed by atoms with van der Waals surface area (Å²) in [5, 5.41) is 4.79. The first-order chi connectivity index (χ1) is 12.2. The van der Waals surface area contributed by atoms with Crippen molar-refractivity contribution in [3.63, 3.8) is 0 Å². The van der Waals surface area contributed by atoms with Gasteiger partial charge in [-0.15, -0.1) is 0 Å². The molecule has 1 saturated carbocycles. The minimum absolute atomic E-state index is 0.250. The van der Waals surface area contributed by atoms with Gasteiger partial charge >= 0.3 is 0 Å². The lowest BCUT2D eigenvalue weighted by Crippen LogP contribution is -2.16. The molecule has 1 fully saturated rings. The standard InChI is InChI=1S/C21H31N3O/c1-15(22)8-6-12-23-18-14-19(25-2)20(16-9-4-3-5-10-16)17-11-7-13-24-21(17)18/h7,11,13-16,23H,3-6,8-10,12,22H2,1-2H3. The first kappa shape index (κ1) is 18.0. The second-order valence-corrected chi connectivity index (χ2v) is 7.32. The van der Waals surface area contributed by atoms with E-state index in [-0.39, 0.29) is 6.04 Å². The largest absolute Gasteiger partial charge is 0.496 e. The number of nitrogens with two attached hydrogens (primary N) is 1. The fourth-order valence-corrected chi connectivity index (χ4v) is 4.01. The van der Waals surface area contributed by atoms with E-state index in [0.29, 0.717) is 5.92 Å². The van der Waals surface area contributed by atoms with E-state index in [1.54, 1.807) is 7.11 Å². The van der Waals surface area contributed by atoms with Crippen LogP contribution in [0.1, 0.15) is 63.4 Å². The van der Waals surface area contributed by atoms with Crippen molar-refractivity contribution < 1.29 is 4.74 Å². The molecule has 136 valence electrons. The molecule has 25 heavy (non-hydrogen) atoms. The molecule has 1 aliphatic carbocycles. The lowest BCUT2D eigenvalue weighted by Gasteiger charge is -2.26. The molecule has 1 heterocycles. The van der Waals surface area contributed by atoms with Crippen LogP contribution >= 0.6 is 0 Å². The molecule has 1 unspecified atom stereocenters. The maximum atomic E-state index is 5.85. The maximum absolute atomic E-state index is 5.85. The highest BCUT2D eigenvalue weighted by Gasteiger charge is 2.23. The Kier molecular flexibility index (Phi) is 6.14. The quantitative estimate of drug-likeness (QED) is 0.708. The topological polar surface area (TPSA) is 60.2 Å². The van der Waals surface area contributed by atoms with E-state index in [1.165, 1.54) is 43.1 Å². The van der Waals surface area contributed by atoms with Gasteiger partial charge in [-0.2, -0.15) is 0 Å². The number of pyridine rings is 1. The highest BCUT2D eigenvalue weighted by Crippen LogP contribution is 2.43. The first-order valence-corrected chi connectivity index (χ1v) is 9.65. The summed E-state index contributed by atoms with van der Waals surface area (Å²) < 4.78 is 5.80. The van der Waals surface area contributed by atoms with Crippen LogP contribution in [-0.2, 0) is 0 Å². The molecule has 0 aliphatic heterocycles. The predicted octanol–water partition coefficient (Wildman–Crippen LogP) is 4.83. The Labute approximate surface area is 151 Å². The van der Waals surface area contributed by atoms with Crippen LogP contribution in [0.4, 0.5) is 5.69 Å². The van der Waals surface area contributed by atoms with Gasteiger partial charge in [0.1, 0.15) is 5.75 Å². The van der Waals surface area contributed by atoms with E-state index in [4.69, 9.17) is 10.5 Å². The monoisotopic (exact) mass is 341 g/mol. The van der Waals surface area contributed by atoms with Crippen molar-refractivity contribution in [1.82, 2.24) is 4.98 Å². The lowest BCUT2D eigenvalue weighted by molar-refractivity contribution is 0.389.